The molecule has 0 N–H and O–H groups in total. The van der Waals surface area contributed by atoms with E-state index in [4.69, 9.17) is 13.9 Å². The lowest BCUT2D eigenvalue weighted by Crippen LogP contribution is -1.85. The summed E-state index contributed by atoms with van der Waals surface area (Å²) in [7, 11) is 1.64. The molecule has 4 heteroatoms. The van der Waals surface area contributed by atoms with Crippen LogP contribution in [0.2, 0.25) is 0 Å². The Labute approximate surface area is 151 Å². The van der Waals surface area contributed by atoms with Gasteiger partial charge in [-0.3, -0.25) is 0 Å². The summed E-state index contributed by atoms with van der Waals surface area (Å²) >= 11 is 0. The maximum atomic E-state index is 5.87. The predicted molar refractivity (Wildman–Crippen MR) is 100 cm³/mol. The van der Waals surface area contributed by atoms with Crippen LogP contribution in [0.15, 0.2) is 89.5 Å². The molecule has 0 atom stereocenters. The molecule has 4 rings (SSSR count). The molecule has 0 saturated heterocycles. The monoisotopic (exact) mass is 343 g/mol. The number of hydrogen-bond acceptors (Lipinski definition) is 4. The fraction of sp³-hybridized carbons (Fsp3) is 0.0455. The van der Waals surface area contributed by atoms with Gasteiger partial charge in [0.25, 0.3) is 0 Å². The SMILES string of the molecule is COc1ccc(Oc2ccc(-c3cnc(-c4ccccc4)o3)cc2)cc1. The molecule has 26 heavy (non-hydrogen) atoms. The number of rotatable bonds is 5. The predicted octanol–water partition coefficient (Wildman–Crippen LogP) is 5.81. The summed E-state index contributed by atoms with van der Waals surface area (Å²) in [5.74, 6) is 3.64. The summed E-state index contributed by atoms with van der Waals surface area (Å²) in [5.41, 5.74) is 1.90. The van der Waals surface area contributed by atoms with Gasteiger partial charge >= 0.3 is 0 Å². The molecule has 0 spiro atoms. The first-order chi connectivity index (χ1) is 12.8. The van der Waals surface area contributed by atoms with Crippen molar-refractivity contribution in [2.24, 2.45) is 0 Å². The van der Waals surface area contributed by atoms with Crippen LogP contribution in [0.4, 0.5) is 0 Å². The van der Waals surface area contributed by atoms with E-state index in [9.17, 15) is 0 Å². The highest BCUT2D eigenvalue weighted by Crippen LogP contribution is 2.29. The van der Waals surface area contributed by atoms with Crippen molar-refractivity contribution in [1.82, 2.24) is 4.98 Å². The second-order valence-corrected chi connectivity index (χ2v) is 5.70. The number of ether oxygens (including phenoxy) is 2. The molecule has 1 heterocycles. The average molecular weight is 343 g/mol. The van der Waals surface area contributed by atoms with E-state index in [1.54, 1.807) is 13.3 Å². The molecule has 4 aromatic rings. The van der Waals surface area contributed by atoms with Crippen LogP contribution in [0.1, 0.15) is 0 Å². The van der Waals surface area contributed by atoms with E-state index >= 15 is 0 Å². The van der Waals surface area contributed by atoms with E-state index in [1.165, 1.54) is 0 Å². The minimum atomic E-state index is 0.610. The Kier molecular flexibility index (Phi) is 4.39. The van der Waals surface area contributed by atoms with Crippen LogP contribution in [0, 0.1) is 0 Å². The Morgan fingerprint density at radius 1 is 0.692 bits per heavy atom. The highest BCUT2D eigenvalue weighted by atomic mass is 16.5. The third-order valence-electron chi connectivity index (χ3n) is 3.96. The zero-order valence-electron chi connectivity index (χ0n) is 14.3. The van der Waals surface area contributed by atoms with Crippen LogP contribution in [0.3, 0.4) is 0 Å². The van der Waals surface area contributed by atoms with Gasteiger partial charge in [-0.25, -0.2) is 4.98 Å². The molecule has 3 aromatic carbocycles. The molecule has 1 aromatic heterocycles. The van der Waals surface area contributed by atoms with Gasteiger partial charge in [-0.05, 0) is 60.7 Å². The van der Waals surface area contributed by atoms with E-state index < -0.39 is 0 Å². The van der Waals surface area contributed by atoms with Crippen LogP contribution in [0.5, 0.6) is 17.2 Å². The van der Waals surface area contributed by atoms with Gasteiger partial charge in [0, 0.05) is 11.1 Å². The van der Waals surface area contributed by atoms with E-state index in [0.717, 1.165) is 34.1 Å². The summed E-state index contributed by atoms with van der Waals surface area (Å²) in [5, 5.41) is 0. The van der Waals surface area contributed by atoms with E-state index in [0.29, 0.717) is 5.89 Å². The van der Waals surface area contributed by atoms with Crippen LogP contribution in [-0.2, 0) is 0 Å². The molecular formula is C22H17NO3. The van der Waals surface area contributed by atoms with Crippen LogP contribution in [0.25, 0.3) is 22.8 Å². The van der Waals surface area contributed by atoms with Gasteiger partial charge in [0.1, 0.15) is 17.2 Å². The fourth-order valence-electron chi connectivity index (χ4n) is 2.59. The standard InChI is InChI=1S/C22H17NO3/c1-24-18-11-13-20(14-12-18)25-19-9-7-16(8-10-19)21-15-23-22(26-21)17-5-3-2-4-6-17/h2-15H,1H3. The van der Waals surface area contributed by atoms with Gasteiger partial charge in [0.2, 0.25) is 5.89 Å². The molecule has 0 unspecified atom stereocenters. The number of hydrogen-bond donors (Lipinski definition) is 0. The van der Waals surface area contributed by atoms with E-state index in [2.05, 4.69) is 4.98 Å². The molecule has 4 nitrogen and oxygen atoms in total. The van der Waals surface area contributed by atoms with Gasteiger partial charge in [-0.2, -0.15) is 0 Å². The number of methoxy groups -OCH3 is 1. The lowest BCUT2D eigenvalue weighted by Gasteiger charge is -2.07. The van der Waals surface area contributed by atoms with Gasteiger partial charge in [-0.1, -0.05) is 18.2 Å². The molecule has 0 radical (unpaired) electrons. The second kappa shape index (κ2) is 7.15. The minimum Gasteiger partial charge on any atom is -0.497 e. The van der Waals surface area contributed by atoms with Crippen molar-refractivity contribution in [2.75, 3.05) is 7.11 Å². The minimum absolute atomic E-state index is 0.610. The van der Waals surface area contributed by atoms with Gasteiger partial charge in [0.15, 0.2) is 5.76 Å². The highest BCUT2D eigenvalue weighted by molar-refractivity contribution is 5.61. The Hall–Kier alpha value is -3.53. The first-order valence-corrected chi connectivity index (χ1v) is 8.25. The molecule has 0 saturated carbocycles. The maximum Gasteiger partial charge on any atom is 0.226 e. The maximum absolute atomic E-state index is 5.87. The average Bonchev–Trinajstić information content (AvgIpc) is 3.20. The summed E-state index contributed by atoms with van der Waals surface area (Å²) in [6.07, 6.45) is 1.74. The topological polar surface area (TPSA) is 44.5 Å². The summed E-state index contributed by atoms with van der Waals surface area (Å²) in [6, 6.07) is 25.0. The Morgan fingerprint density at radius 3 is 1.96 bits per heavy atom. The van der Waals surface area contributed by atoms with Crippen LogP contribution in [-0.4, -0.2) is 12.1 Å². The lowest BCUT2D eigenvalue weighted by atomic mass is 10.2. The third kappa shape index (κ3) is 3.44. The quantitative estimate of drug-likeness (QED) is 0.459. The lowest BCUT2D eigenvalue weighted by molar-refractivity contribution is 0.413. The van der Waals surface area contributed by atoms with Crippen LogP contribution >= 0.6 is 0 Å². The van der Waals surface area contributed by atoms with E-state index in [-0.39, 0.29) is 0 Å². The van der Waals surface area contributed by atoms with E-state index in [1.807, 2.05) is 78.9 Å². The Balaban J connectivity index is 1.50. The number of oxazole rings is 1. The van der Waals surface area contributed by atoms with Crippen molar-refractivity contribution >= 4 is 0 Å². The zero-order valence-corrected chi connectivity index (χ0v) is 14.3. The van der Waals surface area contributed by atoms with Gasteiger partial charge < -0.3 is 13.9 Å². The normalized spacial score (nSPS) is 10.5. The number of aromatic nitrogens is 1. The Bertz CT molecular complexity index is 974. The van der Waals surface area contributed by atoms with Crippen molar-refractivity contribution in [3.05, 3.63) is 85.1 Å². The molecule has 0 aliphatic carbocycles. The number of benzene rings is 3. The molecule has 128 valence electrons. The summed E-state index contributed by atoms with van der Waals surface area (Å²) < 4.78 is 16.9. The van der Waals surface area contributed by atoms with Crippen molar-refractivity contribution < 1.29 is 13.9 Å². The van der Waals surface area contributed by atoms with Crippen molar-refractivity contribution in [2.45, 2.75) is 0 Å². The van der Waals surface area contributed by atoms with Gasteiger partial charge in [-0.15, -0.1) is 0 Å². The first kappa shape index (κ1) is 16.0. The van der Waals surface area contributed by atoms with Gasteiger partial charge in [0.05, 0.1) is 13.3 Å². The fourth-order valence-corrected chi connectivity index (χ4v) is 2.59. The smallest absolute Gasteiger partial charge is 0.226 e. The van der Waals surface area contributed by atoms with Crippen molar-refractivity contribution in [3.8, 4) is 40.0 Å². The number of nitrogens with zero attached hydrogens (tertiary/aromatic N) is 1. The molecular weight excluding hydrogens is 326 g/mol. The molecule has 0 amide bonds. The zero-order chi connectivity index (χ0) is 17.8. The molecule has 0 aliphatic rings. The molecule has 0 fully saturated rings. The highest BCUT2D eigenvalue weighted by Gasteiger charge is 2.08. The van der Waals surface area contributed by atoms with Crippen molar-refractivity contribution in [3.63, 3.8) is 0 Å². The van der Waals surface area contributed by atoms with Crippen molar-refractivity contribution in [1.29, 1.82) is 0 Å². The molecule has 0 bridgehead atoms. The largest absolute Gasteiger partial charge is 0.497 e. The third-order valence-corrected chi connectivity index (χ3v) is 3.96. The summed E-state index contributed by atoms with van der Waals surface area (Å²) in [6.45, 7) is 0. The van der Waals surface area contributed by atoms with Crippen LogP contribution < -0.4 is 9.47 Å². The first-order valence-electron chi connectivity index (χ1n) is 8.25. The molecule has 0 aliphatic heterocycles. The summed E-state index contributed by atoms with van der Waals surface area (Å²) in [4.78, 5) is 4.36. The Morgan fingerprint density at radius 2 is 1.31 bits per heavy atom. The second-order valence-electron chi connectivity index (χ2n) is 5.70.